The number of nitrogens with zero attached hydrogens (tertiary/aromatic N) is 5. The Kier molecular flexibility index (Phi) is 7.59. The largest absolute Gasteiger partial charge is 0.395 e. The molecule has 6 nitrogen and oxygen atoms in total. The zero-order valence-electron chi connectivity index (χ0n) is 22.6. The summed E-state index contributed by atoms with van der Waals surface area (Å²) < 4.78 is 18.2. The van der Waals surface area contributed by atoms with Crippen LogP contribution in [0.25, 0.3) is 38.7 Å². The lowest BCUT2D eigenvalue weighted by Gasteiger charge is -2.35. The Balaban J connectivity index is 1.35. The number of hydrogen-bond donors (Lipinski definition) is 1. The molecule has 1 saturated heterocycles. The Bertz CT molecular complexity index is 1660. The molecular weight excluding hydrogens is 545 g/mol. The summed E-state index contributed by atoms with van der Waals surface area (Å²) in [6.07, 6.45) is 2.78. The second-order valence-electron chi connectivity index (χ2n) is 10.1. The Morgan fingerprint density at radius 1 is 0.975 bits per heavy atom. The highest BCUT2D eigenvalue weighted by Gasteiger charge is 2.22. The van der Waals surface area contributed by atoms with Gasteiger partial charge in [-0.2, -0.15) is 0 Å². The summed E-state index contributed by atoms with van der Waals surface area (Å²) in [6, 6.07) is 15.5. The molecule has 206 valence electrons. The first-order valence-corrected chi connectivity index (χ1v) is 14.8. The van der Waals surface area contributed by atoms with E-state index >= 15 is 4.39 Å². The predicted molar refractivity (Wildman–Crippen MR) is 162 cm³/mol. The molecule has 1 N–H and O–H groups in total. The zero-order valence-corrected chi connectivity index (χ0v) is 24.1. The van der Waals surface area contributed by atoms with Gasteiger partial charge in [0, 0.05) is 66.0 Å². The van der Waals surface area contributed by atoms with Crippen LogP contribution in [0.3, 0.4) is 0 Å². The normalized spacial score (nSPS) is 14.4. The van der Waals surface area contributed by atoms with Crippen LogP contribution in [-0.2, 0) is 6.42 Å². The van der Waals surface area contributed by atoms with Crippen LogP contribution >= 0.6 is 22.9 Å². The molecule has 0 amide bonds. The summed E-state index contributed by atoms with van der Waals surface area (Å²) in [7, 11) is 0. The minimum absolute atomic E-state index is 0.181. The van der Waals surface area contributed by atoms with E-state index in [4.69, 9.17) is 21.6 Å². The molecule has 0 radical (unpaired) electrons. The highest BCUT2D eigenvalue weighted by atomic mass is 35.5. The summed E-state index contributed by atoms with van der Waals surface area (Å²) in [5, 5.41) is 12.7. The lowest BCUT2D eigenvalue weighted by Crippen LogP contribution is -2.47. The second kappa shape index (κ2) is 11.3. The Morgan fingerprint density at radius 3 is 2.45 bits per heavy atom. The quantitative estimate of drug-likeness (QED) is 0.238. The van der Waals surface area contributed by atoms with Crippen molar-refractivity contribution in [3.63, 3.8) is 0 Å². The number of aliphatic hydroxyl groups excluding tert-OH is 1. The number of hydrogen-bond acceptors (Lipinski definition) is 6. The molecule has 40 heavy (non-hydrogen) atoms. The summed E-state index contributed by atoms with van der Waals surface area (Å²) >= 11 is 7.55. The van der Waals surface area contributed by atoms with Gasteiger partial charge in [-0.15, -0.1) is 11.3 Å². The van der Waals surface area contributed by atoms with Crippen LogP contribution in [0.1, 0.15) is 18.2 Å². The van der Waals surface area contributed by atoms with E-state index in [-0.39, 0.29) is 12.4 Å². The summed E-state index contributed by atoms with van der Waals surface area (Å²) in [5.74, 6) is -0.250. The minimum Gasteiger partial charge on any atom is -0.395 e. The number of aryl methyl sites for hydroxylation is 1. The zero-order chi connectivity index (χ0) is 27.8. The molecule has 0 aliphatic carbocycles. The first-order valence-electron chi connectivity index (χ1n) is 13.6. The van der Waals surface area contributed by atoms with Crippen LogP contribution in [0.4, 0.5) is 10.1 Å². The van der Waals surface area contributed by atoms with E-state index < -0.39 is 0 Å². The van der Waals surface area contributed by atoms with Crippen molar-refractivity contribution in [3.8, 4) is 33.1 Å². The number of rotatable bonds is 7. The summed E-state index contributed by atoms with van der Waals surface area (Å²) in [4.78, 5) is 14.3. The molecule has 1 aliphatic heterocycles. The molecule has 4 heterocycles. The number of benzene rings is 2. The van der Waals surface area contributed by atoms with Crippen LogP contribution < -0.4 is 4.90 Å². The van der Waals surface area contributed by atoms with E-state index in [1.54, 1.807) is 0 Å². The molecule has 0 bridgehead atoms. The number of aliphatic hydroxyl groups is 1. The van der Waals surface area contributed by atoms with Gasteiger partial charge in [0.15, 0.2) is 0 Å². The Labute approximate surface area is 242 Å². The van der Waals surface area contributed by atoms with Crippen molar-refractivity contribution in [2.24, 2.45) is 0 Å². The molecule has 5 aromatic rings. The maximum Gasteiger partial charge on any atom is 0.137 e. The average molecular weight is 576 g/mol. The third kappa shape index (κ3) is 5.01. The van der Waals surface area contributed by atoms with Crippen LogP contribution in [0.15, 0.2) is 60.1 Å². The standard InChI is InChI=1S/C31H31ClFN5OS/c1-3-26-30(38-18-23(8-11-28(38)34-26)37-14-12-36(13-15-37)16-17-39)25-10-9-24(20(2)29(25)33)31-35-27(19-40-31)21-4-6-22(32)7-5-21/h4-11,18-19,39H,3,12-17H2,1-2H3. The highest BCUT2D eigenvalue weighted by Crippen LogP contribution is 2.37. The number of halogens is 2. The topological polar surface area (TPSA) is 56.9 Å². The maximum absolute atomic E-state index is 16.2. The fourth-order valence-electron chi connectivity index (χ4n) is 5.42. The average Bonchev–Trinajstić information content (AvgIpc) is 3.60. The molecule has 6 rings (SSSR count). The molecular formula is C31H31ClFN5OS. The van der Waals surface area contributed by atoms with Crippen LogP contribution in [-0.4, -0.2) is 63.7 Å². The molecule has 3 aromatic heterocycles. The Hall–Kier alpha value is -3.30. The first kappa shape index (κ1) is 26.9. The van der Waals surface area contributed by atoms with Gasteiger partial charge in [-0.3, -0.25) is 9.30 Å². The van der Waals surface area contributed by atoms with Crippen molar-refractivity contribution in [1.82, 2.24) is 19.3 Å². The van der Waals surface area contributed by atoms with Gasteiger partial charge in [0.25, 0.3) is 0 Å². The van der Waals surface area contributed by atoms with Gasteiger partial charge in [-0.25, -0.2) is 14.4 Å². The van der Waals surface area contributed by atoms with E-state index in [2.05, 4.69) is 29.0 Å². The second-order valence-corrected chi connectivity index (χ2v) is 11.4. The Morgan fingerprint density at radius 2 is 1.73 bits per heavy atom. The van der Waals surface area contributed by atoms with Gasteiger partial charge in [0.1, 0.15) is 16.5 Å². The molecule has 2 aromatic carbocycles. The number of imidazole rings is 1. The number of piperazine rings is 1. The van der Waals surface area contributed by atoms with E-state index in [9.17, 15) is 5.11 Å². The van der Waals surface area contributed by atoms with Crippen LogP contribution in [0, 0.1) is 12.7 Å². The third-order valence-electron chi connectivity index (χ3n) is 7.68. The molecule has 9 heteroatoms. The van der Waals surface area contributed by atoms with Crippen LogP contribution in [0.2, 0.25) is 5.02 Å². The minimum atomic E-state index is -0.250. The number of fused-ring (bicyclic) bond motifs is 1. The van der Waals surface area contributed by atoms with Gasteiger partial charge >= 0.3 is 0 Å². The lowest BCUT2D eigenvalue weighted by atomic mass is 10.0. The monoisotopic (exact) mass is 575 g/mol. The van der Waals surface area contributed by atoms with Crippen molar-refractivity contribution < 1.29 is 9.50 Å². The SMILES string of the molecule is CCc1nc2ccc(N3CCN(CCO)CC3)cn2c1-c1ccc(-c2nc(-c3ccc(Cl)cc3)cs2)c(C)c1F. The van der Waals surface area contributed by atoms with Gasteiger partial charge < -0.3 is 10.0 Å². The fourth-order valence-corrected chi connectivity index (χ4v) is 6.46. The van der Waals surface area contributed by atoms with E-state index in [0.717, 1.165) is 70.7 Å². The van der Waals surface area contributed by atoms with Crippen molar-refractivity contribution in [3.05, 3.63) is 82.2 Å². The van der Waals surface area contributed by atoms with Crippen molar-refractivity contribution in [2.45, 2.75) is 20.3 Å². The van der Waals surface area contributed by atoms with Crippen molar-refractivity contribution in [2.75, 3.05) is 44.2 Å². The van der Waals surface area contributed by atoms with Gasteiger partial charge in [0.2, 0.25) is 0 Å². The molecule has 0 atom stereocenters. The lowest BCUT2D eigenvalue weighted by molar-refractivity contribution is 0.189. The predicted octanol–water partition coefficient (Wildman–Crippen LogP) is 6.57. The summed E-state index contributed by atoms with van der Waals surface area (Å²) in [5.41, 5.74) is 7.30. The van der Waals surface area contributed by atoms with Gasteiger partial charge in [-0.1, -0.05) is 36.7 Å². The molecule has 1 fully saturated rings. The smallest absolute Gasteiger partial charge is 0.137 e. The van der Waals surface area contributed by atoms with E-state index in [1.165, 1.54) is 11.3 Å². The molecule has 0 spiro atoms. The van der Waals surface area contributed by atoms with Crippen molar-refractivity contribution >= 4 is 34.3 Å². The van der Waals surface area contributed by atoms with Gasteiger partial charge in [0.05, 0.1) is 29.4 Å². The maximum atomic E-state index is 16.2. The third-order valence-corrected chi connectivity index (χ3v) is 8.81. The number of aromatic nitrogens is 3. The first-order chi connectivity index (χ1) is 19.5. The highest BCUT2D eigenvalue weighted by molar-refractivity contribution is 7.13. The number of β-amino-alcohol motifs (C(OH)–C–C–N with tert-alkyl or cyclic N) is 1. The summed E-state index contributed by atoms with van der Waals surface area (Å²) in [6.45, 7) is 8.33. The fraction of sp³-hybridized carbons (Fsp3) is 0.290. The van der Waals surface area contributed by atoms with E-state index in [1.807, 2.05) is 59.2 Å². The van der Waals surface area contributed by atoms with Gasteiger partial charge in [-0.05, 0) is 49.2 Å². The molecule has 0 unspecified atom stereocenters. The van der Waals surface area contributed by atoms with Crippen LogP contribution in [0.5, 0.6) is 0 Å². The molecule has 0 saturated carbocycles. The number of thiazole rings is 1. The van der Waals surface area contributed by atoms with E-state index in [0.29, 0.717) is 29.1 Å². The number of anilines is 1. The number of pyridine rings is 1. The van der Waals surface area contributed by atoms with Crippen molar-refractivity contribution in [1.29, 1.82) is 0 Å². The molecule has 1 aliphatic rings.